The van der Waals surface area contributed by atoms with Crippen molar-refractivity contribution in [1.29, 1.82) is 0 Å². The van der Waals surface area contributed by atoms with E-state index in [-0.39, 0.29) is 18.6 Å². The highest BCUT2D eigenvalue weighted by atomic mass is 16.3. The van der Waals surface area contributed by atoms with Crippen LogP contribution in [0.25, 0.3) is 0 Å². The molecule has 4 nitrogen and oxygen atoms in total. The molecule has 2 N–H and O–H groups in total. The fourth-order valence-corrected chi connectivity index (χ4v) is 2.37. The van der Waals surface area contributed by atoms with Crippen LogP contribution < -0.4 is 0 Å². The highest BCUT2D eigenvalue weighted by Crippen LogP contribution is 2.19. The molecule has 1 unspecified atom stereocenters. The third-order valence-corrected chi connectivity index (χ3v) is 3.62. The molecule has 1 atom stereocenters. The summed E-state index contributed by atoms with van der Waals surface area (Å²) in [7, 11) is 0. The predicted molar refractivity (Wildman–Crippen MR) is 65.4 cm³/mol. The Hall–Kier alpha value is -0.160. The molecule has 1 rings (SSSR count). The van der Waals surface area contributed by atoms with Gasteiger partial charge in [-0.05, 0) is 13.5 Å². The average Bonchev–Trinajstić information content (AvgIpc) is 2.29. The van der Waals surface area contributed by atoms with Crippen LogP contribution in [0.2, 0.25) is 0 Å². The van der Waals surface area contributed by atoms with E-state index in [2.05, 4.69) is 23.6 Å². The van der Waals surface area contributed by atoms with Gasteiger partial charge in [0.1, 0.15) is 0 Å². The van der Waals surface area contributed by atoms with E-state index in [1.165, 1.54) is 0 Å². The van der Waals surface area contributed by atoms with Gasteiger partial charge >= 0.3 is 0 Å². The van der Waals surface area contributed by atoms with Crippen molar-refractivity contribution in [2.45, 2.75) is 26.8 Å². The second-order valence-electron chi connectivity index (χ2n) is 5.34. The molecule has 0 amide bonds. The Labute approximate surface area is 98.9 Å². The van der Waals surface area contributed by atoms with Crippen molar-refractivity contribution in [2.75, 3.05) is 45.9 Å². The lowest BCUT2D eigenvalue weighted by Crippen LogP contribution is -2.54. The van der Waals surface area contributed by atoms with Crippen molar-refractivity contribution in [3.8, 4) is 0 Å². The first-order valence-corrected chi connectivity index (χ1v) is 6.23. The number of hydrogen-bond acceptors (Lipinski definition) is 4. The zero-order valence-electron chi connectivity index (χ0n) is 10.8. The first-order valence-electron chi connectivity index (χ1n) is 6.23. The van der Waals surface area contributed by atoms with Crippen LogP contribution in [0.4, 0.5) is 0 Å². The van der Waals surface area contributed by atoms with E-state index in [9.17, 15) is 10.2 Å². The molecule has 4 heteroatoms. The molecule has 1 heterocycles. The Morgan fingerprint density at radius 3 is 2.31 bits per heavy atom. The van der Waals surface area contributed by atoms with Crippen LogP contribution in [-0.2, 0) is 0 Å². The van der Waals surface area contributed by atoms with Gasteiger partial charge in [-0.1, -0.05) is 13.8 Å². The fraction of sp³-hybridized carbons (Fsp3) is 1.00. The molecule has 1 aliphatic rings. The molecule has 0 spiro atoms. The Kier molecular flexibility index (Phi) is 5.18. The Morgan fingerprint density at radius 2 is 1.88 bits per heavy atom. The van der Waals surface area contributed by atoms with Crippen molar-refractivity contribution in [1.82, 2.24) is 9.80 Å². The van der Waals surface area contributed by atoms with Crippen LogP contribution in [0.1, 0.15) is 20.8 Å². The summed E-state index contributed by atoms with van der Waals surface area (Å²) in [4.78, 5) is 4.81. The minimum atomic E-state index is -0.367. The Balaban J connectivity index is 2.46. The maximum atomic E-state index is 9.28. The maximum absolute atomic E-state index is 9.28. The molecule has 0 radical (unpaired) electrons. The quantitative estimate of drug-likeness (QED) is 0.698. The molecular formula is C12H26N2O2. The van der Waals surface area contributed by atoms with Gasteiger partial charge in [0.2, 0.25) is 0 Å². The number of piperazine rings is 1. The normalized spacial score (nSPS) is 24.9. The van der Waals surface area contributed by atoms with Crippen molar-refractivity contribution in [2.24, 2.45) is 5.41 Å². The minimum absolute atomic E-state index is 0.0475. The second-order valence-corrected chi connectivity index (χ2v) is 5.34. The van der Waals surface area contributed by atoms with Gasteiger partial charge in [0.15, 0.2) is 0 Å². The SMILES string of the molecule is CCN1CCN(CC(C)(CO)CO)CC1C. The van der Waals surface area contributed by atoms with E-state index in [0.29, 0.717) is 6.04 Å². The lowest BCUT2D eigenvalue weighted by molar-refractivity contribution is 0.00702. The van der Waals surface area contributed by atoms with Gasteiger partial charge in [-0.15, -0.1) is 0 Å². The van der Waals surface area contributed by atoms with Gasteiger partial charge in [-0.25, -0.2) is 0 Å². The largest absolute Gasteiger partial charge is 0.396 e. The first kappa shape index (κ1) is 13.9. The van der Waals surface area contributed by atoms with E-state index in [4.69, 9.17) is 0 Å². The zero-order chi connectivity index (χ0) is 12.2. The zero-order valence-corrected chi connectivity index (χ0v) is 10.8. The number of rotatable bonds is 5. The molecular weight excluding hydrogens is 204 g/mol. The molecule has 1 fully saturated rings. The molecule has 0 aromatic rings. The number of aliphatic hydroxyl groups is 2. The molecule has 96 valence electrons. The standard InChI is InChI=1S/C12H26N2O2/c1-4-14-6-5-13(7-11(14)2)8-12(3,9-15)10-16/h11,15-16H,4-10H2,1-3H3. The third kappa shape index (κ3) is 3.42. The second kappa shape index (κ2) is 5.96. The Morgan fingerprint density at radius 1 is 1.25 bits per heavy atom. The van der Waals surface area contributed by atoms with Gasteiger partial charge in [0, 0.05) is 37.6 Å². The summed E-state index contributed by atoms with van der Waals surface area (Å²) in [6.45, 7) is 11.5. The highest BCUT2D eigenvalue weighted by molar-refractivity contribution is 4.83. The minimum Gasteiger partial charge on any atom is -0.396 e. The van der Waals surface area contributed by atoms with Gasteiger partial charge < -0.3 is 10.2 Å². The fourth-order valence-electron chi connectivity index (χ4n) is 2.37. The average molecular weight is 230 g/mol. The van der Waals surface area contributed by atoms with Crippen LogP contribution in [-0.4, -0.2) is 72.0 Å². The summed E-state index contributed by atoms with van der Waals surface area (Å²) in [5.41, 5.74) is -0.367. The van der Waals surface area contributed by atoms with Crippen LogP contribution in [0, 0.1) is 5.41 Å². The molecule has 0 aliphatic carbocycles. The summed E-state index contributed by atoms with van der Waals surface area (Å²) in [5.74, 6) is 0. The highest BCUT2D eigenvalue weighted by Gasteiger charge is 2.29. The van der Waals surface area contributed by atoms with Gasteiger partial charge in [0.05, 0.1) is 13.2 Å². The molecule has 1 aliphatic heterocycles. The smallest absolute Gasteiger partial charge is 0.0519 e. The summed E-state index contributed by atoms with van der Waals surface area (Å²) in [6, 6.07) is 0.570. The van der Waals surface area contributed by atoms with Crippen molar-refractivity contribution >= 4 is 0 Å². The number of nitrogens with zero attached hydrogens (tertiary/aromatic N) is 2. The molecule has 16 heavy (non-hydrogen) atoms. The molecule has 0 saturated carbocycles. The number of hydrogen-bond donors (Lipinski definition) is 2. The molecule has 0 aromatic heterocycles. The topological polar surface area (TPSA) is 46.9 Å². The number of likely N-dealkylation sites (N-methyl/N-ethyl adjacent to an activating group) is 1. The summed E-state index contributed by atoms with van der Waals surface area (Å²) in [6.07, 6.45) is 0. The third-order valence-electron chi connectivity index (χ3n) is 3.62. The van der Waals surface area contributed by atoms with Gasteiger partial charge in [0.25, 0.3) is 0 Å². The lowest BCUT2D eigenvalue weighted by Gasteiger charge is -2.42. The number of aliphatic hydroxyl groups excluding tert-OH is 2. The van der Waals surface area contributed by atoms with Crippen LogP contribution >= 0.6 is 0 Å². The lowest BCUT2D eigenvalue weighted by atomic mass is 9.91. The molecule has 1 saturated heterocycles. The maximum Gasteiger partial charge on any atom is 0.0519 e. The predicted octanol–water partition coefficient (Wildman–Crippen LogP) is 0.00330. The van der Waals surface area contributed by atoms with E-state index < -0.39 is 0 Å². The summed E-state index contributed by atoms with van der Waals surface area (Å²) in [5, 5.41) is 18.6. The summed E-state index contributed by atoms with van der Waals surface area (Å²) < 4.78 is 0. The van der Waals surface area contributed by atoms with Crippen LogP contribution in [0.15, 0.2) is 0 Å². The van der Waals surface area contributed by atoms with E-state index >= 15 is 0 Å². The monoisotopic (exact) mass is 230 g/mol. The van der Waals surface area contributed by atoms with Crippen molar-refractivity contribution in [3.05, 3.63) is 0 Å². The molecule has 0 aromatic carbocycles. The van der Waals surface area contributed by atoms with Gasteiger partial charge in [-0.2, -0.15) is 0 Å². The first-order chi connectivity index (χ1) is 7.54. The van der Waals surface area contributed by atoms with E-state index in [0.717, 1.165) is 32.7 Å². The van der Waals surface area contributed by atoms with Crippen molar-refractivity contribution < 1.29 is 10.2 Å². The molecule has 0 bridgehead atoms. The summed E-state index contributed by atoms with van der Waals surface area (Å²) >= 11 is 0. The van der Waals surface area contributed by atoms with E-state index in [1.54, 1.807) is 0 Å². The van der Waals surface area contributed by atoms with Crippen LogP contribution in [0.3, 0.4) is 0 Å². The van der Waals surface area contributed by atoms with Crippen molar-refractivity contribution in [3.63, 3.8) is 0 Å². The van der Waals surface area contributed by atoms with Crippen LogP contribution in [0.5, 0.6) is 0 Å². The van der Waals surface area contributed by atoms with E-state index in [1.807, 2.05) is 6.92 Å². The Bertz CT molecular complexity index is 207. The van der Waals surface area contributed by atoms with Gasteiger partial charge in [-0.3, -0.25) is 9.80 Å².